The molecule has 0 heterocycles. The molecule has 1 amide bonds. The molecular weight excluding hydrogens is 120 g/mol. The number of allylic oxidation sites excluding steroid dienone is 1. The summed E-state index contributed by atoms with van der Waals surface area (Å²) in [5.41, 5.74) is 4.75. The summed E-state index contributed by atoms with van der Waals surface area (Å²) in [7, 11) is 1.41. The van der Waals surface area contributed by atoms with Gasteiger partial charge in [0.2, 0.25) is 5.91 Å². The zero-order chi connectivity index (χ0) is 7.11. The van der Waals surface area contributed by atoms with E-state index in [4.69, 9.17) is 5.73 Å². The van der Waals surface area contributed by atoms with Gasteiger partial charge < -0.3 is 10.6 Å². The highest BCUT2D eigenvalue weighted by Crippen LogP contribution is 1.67. The van der Waals surface area contributed by atoms with E-state index >= 15 is 0 Å². The number of hydrogen-bond acceptors (Lipinski definition) is 3. The van der Waals surface area contributed by atoms with Crippen molar-refractivity contribution >= 4 is 12.1 Å². The molecule has 4 heteroatoms. The monoisotopic (exact) mass is 128 g/mol. The molecule has 0 radical (unpaired) electrons. The van der Waals surface area contributed by atoms with Crippen LogP contribution < -0.4 is 5.73 Å². The highest BCUT2D eigenvalue weighted by Gasteiger charge is 1.76. The van der Waals surface area contributed by atoms with Crippen molar-refractivity contribution in [2.75, 3.05) is 7.11 Å². The first-order valence-electron chi connectivity index (χ1n) is 2.30. The van der Waals surface area contributed by atoms with E-state index in [1.54, 1.807) is 0 Å². The summed E-state index contributed by atoms with van der Waals surface area (Å²) in [5.74, 6) is -0.502. The zero-order valence-corrected chi connectivity index (χ0v) is 5.07. The quantitative estimate of drug-likeness (QED) is 0.321. The summed E-state index contributed by atoms with van der Waals surface area (Å²) in [5, 5.41) is 3.32. The molecule has 0 aromatic carbocycles. The molecule has 0 aliphatic rings. The Kier molecular flexibility index (Phi) is 4.12. The minimum absolute atomic E-state index is 0.502. The van der Waals surface area contributed by atoms with Crippen LogP contribution in [0.3, 0.4) is 0 Å². The fraction of sp³-hybridized carbons (Fsp3) is 0.200. The van der Waals surface area contributed by atoms with Crippen LogP contribution in [-0.4, -0.2) is 19.2 Å². The summed E-state index contributed by atoms with van der Waals surface area (Å²) < 4.78 is 0. The van der Waals surface area contributed by atoms with Gasteiger partial charge in [0.1, 0.15) is 7.11 Å². The number of carbonyl (C=O) groups is 1. The third kappa shape index (κ3) is 6.68. The van der Waals surface area contributed by atoms with Crippen LogP contribution in [0, 0.1) is 0 Å². The van der Waals surface area contributed by atoms with Crippen LogP contribution in [0.1, 0.15) is 0 Å². The lowest BCUT2D eigenvalue weighted by Crippen LogP contribution is -2.05. The molecule has 50 valence electrons. The number of oxime groups is 1. The highest BCUT2D eigenvalue weighted by atomic mass is 16.6. The van der Waals surface area contributed by atoms with E-state index in [-0.39, 0.29) is 0 Å². The van der Waals surface area contributed by atoms with E-state index in [9.17, 15) is 4.79 Å². The molecule has 0 aromatic rings. The van der Waals surface area contributed by atoms with Gasteiger partial charge in [0.25, 0.3) is 0 Å². The SMILES string of the molecule is CO/N=C/C=C\C(N)=O. The minimum Gasteiger partial charge on any atom is -0.399 e. The molecule has 0 saturated heterocycles. The van der Waals surface area contributed by atoms with Crippen LogP contribution >= 0.6 is 0 Å². The maximum Gasteiger partial charge on any atom is 0.241 e. The van der Waals surface area contributed by atoms with E-state index in [1.807, 2.05) is 0 Å². The van der Waals surface area contributed by atoms with Crippen LogP contribution in [0.2, 0.25) is 0 Å². The Hall–Kier alpha value is -1.32. The molecule has 0 aliphatic carbocycles. The van der Waals surface area contributed by atoms with Crippen LogP contribution in [0.5, 0.6) is 0 Å². The van der Waals surface area contributed by atoms with Gasteiger partial charge in [-0.3, -0.25) is 4.79 Å². The largest absolute Gasteiger partial charge is 0.399 e. The number of rotatable bonds is 3. The first-order valence-corrected chi connectivity index (χ1v) is 2.30. The van der Waals surface area contributed by atoms with Crippen molar-refractivity contribution < 1.29 is 9.63 Å². The van der Waals surface area contributed by atoms with E-state index in [0.29, 0.717) is 0 Å². The number of amides is 1. The Labute approximate surface area is 53.0 Å². The van der Waals surface area contributed by atoms with Gasteiger partial charge in [-0.25, -0.2) is 0 Å². The lowest BCUT2D eigenvalue weighted by Gasteiger charge is -1.78. The Morgan fingerprint density at radius 2 is 2.44 bits per heavy atom. The molecule has 9 heavy (non-hydrogen) atoms. The summed E-state index contributed by atoms with van der Waals surface area (Å²) in [6.45, 7) is 0. The van der Waals surface area contributed by atoms with Gasteiger partial charge in [-0.2, -0.15) is 0 Å². The topological polar surface area (TPSA) is 64.7 Å². The van der Waals surface area contributed by atoms with Gasteiger partial charge in [0.05, 0.1) is 6.21 Å². The van der Waals surface area contributed by atoms with Crippen molar-refractivity contribution in [1.82, 2.24) is 0 Å². The van der Waals surface area contributed by atoms with Crippen LogP contribution in [0.4, 0.5) is 0 Å². The van der Waals surface area contributed by atoms with Crippen molar-refractivity contribution in [2.45, 2.75) is 0 Å². The predicted molar refractivity (Wildman–Crippen MR) is 33.8 cm³/mol. The van der Waals surface area contributed by atoms with Crippen LogP contribution in [0.25, 0.3) is 0 Å². The minimum atomic E-state index is -0.502. The van der Waals surface area contributed by atoms with Crippen molar-refractivity contribution in [2.24, 2.45) is 10.9 Å². The van der Waals surface area contributed by atoms with Crippen molar-refractivity contribution in [1.29, 1.82) is 0 Å². The van der Waals surface area contributed by atoms with Gasteiger partial charge >= 0.3 is 0 Å². The van der Waals surface area contributed by atoms with Crippen molar-refractivity contribution in [3.05, 3.63) is 12.2 Å². The summed E-state index contributed by atoms with van der Waals surface area (Å²) in [4.78, 5) is 14.3. The second-order valence-corrected chi connectivity index (χ2v) is 1.20. The standard InChI is InChI=1S/C5H8N2O2/c1-9-7-4-2-3-5(6)8/h2-4H,1H3,(H2,6,8)/b3-2-,7-4+. The fourth-order valence-electron chi connectivity index (χ4n) is 0.234. The van der Waals surface area contributed by atoms with E-state index in [1.165, 1.54) is 25.5 Å². The molecule has 0 fully saturated rings. The number of primary amides is 1. The number of nitrogens with two attached hydrogens (primary N) is 1. The molecule has 0 unspecified atom stereocenters. The Balaban J connectivity index is 3.47. The normalized spacial score (nSPS) is 10.8. The average molecular weight is 128 g/mol. The lowest BCUT2D eigenvalue weighted by molar-refractivity contribution is -0.113. The molecule has 0 spiro atoms. The third-order valence-corrected chi connectivity index (χ3v) is 0.513. The molecule has 0 atom stereocenters. The second-order valence-electron chi connectivity index (χ2n) is 1.20. The molecule has 4 nitrogen and oxygen atoms in total. The number of hydrogen-bond donors (Lipinski definition) is 1. The van der Waals surface area contributed by atoms with Crippen LogP contribution in [-0.2, 0) is 9.63 Å². The maximum absolute atomic E-state index is 10.00. The Morgan fingerprint density at radius 1 is 1.78 bits per heavy atom. The zero-order valence-electron chi connectivity index (χ0n) is 5.07. The van der Waals surface area contributed by atoms with Gasteiger partial charge in [0.15, 0.2) is 0 Å². The van der Waals surface area contributed by atoms with Crippen LogP contribution in [0.15, 0.2) is 17.3 Å². The average Bonchev–Trinajstić information content (AvgIpc) is 1.80. The smallest absolute Gasteiger partial charge is 0.241 e. The van der Waals surface area contributed by atoms with E-state index < -0.39 is 5.91 Å². The molecule has 2 N–H and O–H groups in total. The number of nitrogens with zero attached hydrogens (tertiary/aromatic N) is 1. The molecule has 0 aliphatic heterocycles. The van der Waals surface area contributed by atoms with Gasteiger partial charge in [-0.1, -0.05) is 5.16 Å². The highest BCUT2D eigenvalue weighted by molar-refractivity contribution is 5.90. The Morgan fingerprint density at radius 3 is 2.89 bits per heavy atom. The molecule has 0 rings (SSSR count). The number of carbonyl (C=O) groups excluding carboxylic acids is 1. The van der Waals surface area contributed by atoms with Gasteiger partial charge in [0, 0.05) is 6.08 Å². The van der Waals surface area contributed by atoms with Gasteiger partial charge in [-0.15, -0.1) is 0 Å². The van der Waals surface area contributed by atoms with Gasteiger partial charge in [-0.05, 0) is 6.08 Å². The first kappa shape index (κ1) is 7.68. The maximum atomic E-state index is 10.00. The third-order valence-electron chi connectivity index (χ3n) is 0.513. The first-order chi connectivity index (χ1) is 4.27. The molecule has 0 aromatic heterocycles. The van der Waals surface area contributed by atoms with Crippen molar-refractivity contribution in [3.63, 3.8) is 0 Å². The summed E-state index contributed by atoms with van der Waals surface area (Å²) >= 11 is 0. The summed E-state index contributed by atoms with van der Waals surface area (Å²) in [6.07, 6.45) is 3.90. The molecule has 0 bridgehead atoms. The summed E-state index contributed by atoms with van der Waals surface area (Å²) in [6, 6.07) is 0. The molecule has 0 saturated carbocycles. The molecular formula is C5H8N2O2. The van der Waals surface area contributed by atoms with Crippen molar-refractivity contribution in [3.8, 4) is 0 Å². The van der Waals surface area contributed by atoms with E-state index in [0.717, 1.165) is 0 Å². The second kappa shape index (κ2) is 4.83. The lowest BCUT2D eigenvalue weighted by atomic mass is 10.5. The van der Waals surface area contributed by atoms with E-state index in [2.05, 4.69) is 9.99 Å². The predicted octanol–water partition coefficient (Wildman–Crippen LogP) is -0.340. The Bertz CT molecular complexity index is 140. The fourth-order valence-corrected chi connectivity index (χ4v) is 0.234.